The molecule has 1 atom stereocenters. The Bertz CT molecular complexity index is 389. The summed E-state index contributed by atoms with van der Waals surface area (Å²) < 4.78 is 0. The molecule has 17 heavy (non-hydrogen) atoms. The third-order valence-corrected chi connectivity index (χ3v) is 4.60. The van der Waals surface area contributed by atoms with Crippen LogP contribution in [-0.4, -0.2) is 7.05 Å². The normalized spacial score (nSPS) is 20.5. The van der Waals surface area contributed by atoms with E-state index in [9.17, 15) is 0 Å². The monoisotopic (exact) mass is 231 g/mol. The van der Waals surface area contributed by atoms with Gasteiger partial charge < -0.3 is 5.32 Å². The van der Waals surface area contributed by atoms with Crippen LogP contribution in [0.2, 0.25) is 0 Å². The van der Waals surface area contributed by atoms with E-state index in [4.69, 9.17) is 0 Å². The van der Waals surface area contributed by atoms with Crippen LogP contribution in [0, 0.1) is 19.3 Å². The lowest BCUT2D eigenvalue weighted by molar-refractivity contribution is 0.233. The Hall–Kier alpha value is -0.820. The minimum atomic E-state index is 0.441. The van der Waals surface area contributed by atoms with Crippen LogP contribution >= 0.6 is 0 Å². The molecule has 1 saturated carbocycles. The zero-order valence-electron chi connectivity index (χ0n) is 11.6. The molecule has 0 amide bonds. The molecule has 1 nitrogen and oxygen atoms in total. The summed E-state index contributed by atoms with van der Waals surface area (Å²) in [6, 6.07) is 7.42. The first-order chi connectivity index (χ1) is 8.07. The maximum atomic E-state index is 3.55. The standard InChI is InChI=1S/C16H25N/c1-12-7-8-14(11-13(12)2)15(17-4)16(3)9-5-6-10-16/h7-8,11,15,17H,5-6,9-10H2,1-4H3. The van der Waals surface area contributed by atoms with E-state index in [1.165, 1.54) is 42.4 Å². The second-order valence-electron chi connectivity index (χ2n) is 5.93. The zero-order valence-corrected chi connectivity index (χ0v) is 11.6. The van der Waals surface area contributed by atoms with Gasteiger partial charge in [0.05, 0.1) is 0 Å². The van der Waals surface area contributed by atoms with Crippen molar-refractivity contribution in [2.75, 3.05) is 7.05 Å². The van der Waals surface area contributed by atoms with Crippen molar-refractivity contribution in [2.24, 2.45) is 5.41 Å². The van der Waals surface area contributed by atoms with Crippen molar-refractivity contribution in [1.29, 1.82) is 0 Å². The number of nitrogens with one attached hydrogen (secondary N) is 1. The molecule has 0 radical (unpaired) electrons. The van der Waals surface area contributed by atoms with Gasteiger partial charge in [0, 0.05) is 6.04 Å². The van der Waals surface area contributed by atoms with Gasteiger partial charge in [-0.2, -0.15) is 0 Å². The lowest BCUT2D eigenvalue weighted by atomic mass is 9.77. The van der Waals surface area contributed by atoms with Gasteiger partial charge >= 0.3 is 0 Å². The quantitative estimate of drug-likeness (QED) is 0.824. The van der Waals surface area contributed by atoms with Crippen LogP contribution in [0.5, 0.6) is 0 Å². The number of rotatable bonds is 3. The van der Waals surface area contributed by atoms with Crippen LogP contribution in [0.4, 0.5) is 0 Å². The van der Waals surface area contributed by atoms with Crippen molar-refractivity contribution in [1.82, 2.24) is 5.32 Å². The van der Waals surface area contributed by atoms with Gasteiger partial charge in [-0.15, -0.1) is 0 Å². The molecule has 1 aliphatic rings. The van der Waals surface area contributed by atoms with Gasteiger partial charge in [0.2, 0.25) is 0 Å². The summed E-state index contributed by atoms with van der Waals surface area (Å²) in [5, 5.41) is 3.55. The van der Waals surface area contributed by atoms with E-state index in [0.29, 0.717) is 11.5 Å². The van der Waals surface area contributed by atoms with Gasteiger partial charge in [-0.1, -0.05) is 38.0 Å². The topological polar surface area (TPSA) is 12.0 Å². The molecule has 0 heterocycles. The Labute approximate surface area is 106 Å². The molecular formula is C16H25N. The van der Waals surface area contributed by atoms with E-state index in [2.05, 4.69) is 51.3 Å². The Morgan fingerprint density at radius 1 is 1.12 bits per heavy atom. The molecule has 0 saturated heterocycles. The average Bonchev–Trinajstić information content (AvgIpc) is 2.72. The number of benzene rings is 1. The van der Waals surface area contributed by atoms with Gasteiger partial charge in [-0.05, 0) is 55.8 Å². The predicted octanol–water partition coefficient (Wildman–Crippen LogP) is 4.14. The summed E-state index contributed by atoms with van der Waals surface area (Å²) in [5.74, 6) is 0. The fourth-order valence-electron chi connectivity index (χ4n) is 3.33. The van der Waals surface area contributed by atoms with Crippen molar-refractivity contribution in [3.05, 3.63) is 34.9 Å². The van der Waals surface area contributed by atoms with Crippen molar-refractivity contribution in [3.8, 4) is 0 Å². The van der Waals surface area contributed by atoms with E-state index in [0.717, 1.165) is 0 Å². The first-order valence-electron chi connectivity index (χ1n) is 6.81. The molecule has 0 aliphatic heterocycles. The lowest BCUT2D eigenvalue weighted by Crippen LogP contribution is -2.32. The van der Waals surface area contributed by atoms with E-state index in [1.54, 1.807) is 0 Å². The largest absolute Gasteiger partial charge is 0.313 e. The maximum absolute atomic E-state index is 3.55. The average molecular weight is 231 g/mol. The van der Waals surface area contributed by atoms with E-state index < -0.39 is 0 Å². The van der Waals surface area contributed by atoms with Crippen LogP contribution in [0.3, 0.4) is 0 Å². The summed E-state index contributed by atoms with van der Waals surface area (Å²) in [6.45, 7) is 6.84. The third-order valence-electron chi connectivity index (χ3n) is 4.60. The van der Waals surface area contributed by atoms with Crippen LogP contribution in [-0.2, 0) is 0 Å². The fraction of sp³-hybridized carbons (Fsp3) is 0.625. The molecule has 2 rings (SSSR count). The first-order valence-corrected chi connectivity index (χ1v) is 6.81. The molecule has 1 heteroatoms. The summed E-state index contributed by atoms with van der Waals surface area (Å²) >= 11 is 0. The van der Waals surface area contributed by atoms with Crippen LogP contribution < -0.4 is 5.32 Å². The number of hydrogen-bond acceptors (Lipinski definition) is 1. The van der Waals surface area contributed by atoms with Gasteiger partial charge in [-0.25, -0.2) is 0 Å². The molecule has 1 aromatic carbocycles. The van der Waals surface area contributed by atoms with Gasteiger partial charge in [0.1, 0.15) is 0 Å². The van der Waals surface area contributed by atoms with Crippen molar-refractivity contribution in [3.63, 3.8) is 0 Å². The Kier molecular flexibility index (Phi) is 3.58. The first kappa shape index (κ1) is 12.6. The highest BCUT2D eigenvalue weighted by Gasteiger charge is 2.36. The Morgan fingerprint density at radius 3 is 2.29 bits per heavy atom. The van der Waals surface area contributed by atoms with Crippen molar-refractivity contribution < 1.29 is 0 Å². The molecule has 1 unspecified atom stereocenters. The molecular weight excluding hydrogens is 206 g/mol. The number of aryl methyl sites for hydroxylation is 2. The van der Waals surface area contributed by atoms with Crippen molar-refractivity contribution >= 4 is 0 Å². The minimum Gasteiger partial charge on any atom is -0.313 e. The highest BCUT2D eigenvalue weighted by molar-refractivity contribution is 5.32. The summed E-state index contributed by atoms with van der Waals surface area (Å²) in [5.41, 5.74) is 4.70. The van der Waals surface area contributed by atoms with E-state index in [1.807, 2.05) is 0 Å². The summed E-state index contributed by atoms with van der Waals surface area (Å²) in [6.07, 6.45) is 5.48. The zero-order chi connectivity index (χ0) is 12.5. The van der Waals surface area contributed by atoms with E-state index in [-0.39, 0.29) is 0 Å². The Balaban J connectivity index is 2.31. The van der Waals surface area contributed by atoms with Gasteiger partial charge in [-0.3, -0.25) is 0 Å². The molecule has 0 bridgehead atoms. The molecule has 1 aliphatic carbocycles. The predicted molar refractivity (Wildman–Crippen MR) is 74.3 cm³/mol. The number of hydrogen-bond donors (Lipinski definition) is 1. The van der Waals surface area contributed by atoms with Crippen LogP contribution in [0.25, 0.3) is 0 Å². The molecule has 1 N–H and O–H groups in total. The Morgan fingerprint density at radius 2 is 1.76 bits per heavy atom. The summed E-state index contributed by atoms with van der Waals surface area (Å²) in [4.78, 5) is 0. The van der Waals surface area contributed by atoms with E-state index >= 15 is 0 Å². The smallest absolute Gasteiger partial charge is 0.0372 e. The van der Waals surface area contributed by atoms with Crippen LogP contribution in [0.1, 0.15) is 55.3 Å². The molecule has 1 aromatic rings. The van der Waals surface area contributed by atoms with Crippen molar-refractivity contribution in [2.45, 2.75) is 52.5 Å². The fourth-order valence-corrected chi connectivity index (χ4v) is 3.33. The lowest BCUT2D eigenvalue weighted by Gasteiger charge is -2.34. The summed E-state index contributed by atoms with van der Waals surface area (Å²) in [7, 11) is 2.10. The molecule has 1 fully saturated rings. The molecule has 94 valence electrons. The van der Waals surface area contributed by atoms with Crippen LogP contribution in [0.15, 0.2) is 18.2 Å². The second kappa shape index (κ2) is 4.81. The van der Waals surface area contributed by atoms with Gasteiger partial charge in [0.25, 0.3) is 0 Å². The second-order valence-corrected chi connectivity index (χ2v) is 5.93. The minimum absolute atomic E-state index is 0.441. The van der Waals surface area contributed by atoms with Gasteiger partial charge in [0.15, 0.2) is 0 Å². The maximum Gasteiger partial charge on any atom is 0.0372 e. The highest BCUT2D eigenvalue weighted by atomic mass is 14.9. The molecule has 0 aromatic heterocycles. The molecule has 0 spiro atoms. The third kappa shape index (κ3) is 2.40. The highest BCUT2D eigenvalue weighted by Crippen LogP contribution is 2.47. The SMILES string of the molecule is CNC(c1ccc(C)c(C)c1)C1(C)CCCC1.